The predicted octanol–water partition coefficient (Wildman–Crippen LogP) is 0.735. The summed E-state index contributed by atoms with van der Waals surface area (Å²) in [6.07, 6.45) is 2.69. The molecule has 0 aromatic carbocycles. The van der Waals surface area contributed by atoms with E-state index in [1.165, 1.54) is 6.07 Å². The third-order valence-electron chi connectivity index (χ3n) is 3.77. The van der Waals surface area contributed by atoms with Gasteiger partial charge in [0.05, 0.1) is 18.6 Å². The average Bonchev–Trinajstić information content (AvgIpc) is 3.03. The molecule has 2 amide bonds. The lowest BCUT2D eigenvalue weighted by atomic mass is 10.0. The first-order valence-corrected chi connectivity index (χ1v) is 7.40. The van der Waals surface area contributed by atoms with Crippen LogP contribution in [-0.2, 0) is 9.53 Å². The lowest BCUT2D eigenvalue weighted by molar-refractivity contribution is -0.133. The van der Waals surface area contributed by atoms with Crippen LogP contribution in [0.3, 0.4) is 0 Å². The Morgan fingerprint density at radius 1 is 1.39 bits per heavy atom. The fraction of sp³-hybridized carbons (Fsp3) is 0.533. The first-order chi connectivity index (χ1) is 11.0. The standard InChI is InChI=1S/C15H20N2O6/c1-22-7-4-13(18)17-5-2-11(3-6-17)16-14(19)12-8-10(9-23-12)15(20)21/h8-9,11H,2-7H2,1H3,(H,16,19)(H,20,21). The number of carbonyl (C=O) groups excluding carboxylic acids is 2. The van der Waals surface area contributed by atoms with Crippen molar-refractivity contribution in [3.05, 3.63) is 23.7 Å². The molecule has 0 radical (unpaired) electrons. The van der Waals surface area contributed by atoms with E-state index in [1.807, 2.05) is 0 Å². The topological polar surface area (TPSA) is 109 Å². The van der Waals surface area contributed by atoms with Crippen molar-refractivity contribution in [2.45, 2.75) is 25.3 Å². The molecular formula is C15H20N2O6. The van der Waals surface area contributed by atoms with Crippen molar-refractivity contribution < 1.29 is 28.6 Å². The van der Waals surface area contributed by atoms with Crippen LogP contribution in [0.5, 0.6) is 0 Å². The second-order valence-corrected chi connectivity index (χ2v) is 5.38. The van der Waals surface area contributed by atoms with E-state index in [0.29, 0.717) is 39.0 Å². The van der Waals surface area contributed by atoms with Crippen LogP contribution in [0.1, 0.15) is 40.2 Å². The molecular weight excluding hydrogens is 304 g/mol. The summed E-state index contributed by atoms with van der Waals surface area (Å²) in [5.74, 6) is -1.56. The third-order valence-corrected chi connectivity index (χ3v) is 3.77. The molecule has 0 saturated carbocycles. The number of amides is 2. The zero-order chi connectivity index (χ0) is 16.8. The molecule has 1 aromatic rings. The van der Waals surface area contributed by atoms with Crippen molar-refractivity contribution in [2.75, 3.05) is 26.8 Å². The number of nitrogens with zero attached hydrogens (tertiary/aromatic N) is 1. The number of methoxy groups -OCH3 is 1. The molecule has 1 aliphatic heterocycles. The van der Waals surface area contributed by atoms with Crippen LogP contribution < -0.4 is 5.32 Å². The number of nitrogens with one attached hydrogen (secondary N) is 1. The van der Waals surface area contributed by atoms with Gasteiger partial charge in [0.25, 0.3) is 5.91 Å². The molecule has 0 atom stereocenters. The van der Waals surface area contributed by atoms with Crippen LogP contribution >= 0.6 is 0 Å². The average molecular weight is 324 g/mol. The van der Waals surface area contributed by atoms with Crippen molar-refractivity contribution in [1.29, 1.82) is 0 Å². The quantitative estimate of drug-likeness (QED) is 0.798. The van der Waals surface area contributed by atoms with Gasteiger partial charge < -0.3 is 24.5 Å². The predicted molar refractivity (Wildman–Crippen MR) is 79.2 cm³/mol. The number of ether oxygens (including phenoxy) is 1. The first kappa shape index (κ1) is 17.0. The third kappa shape index (κ3) is 4.56. The zero-order valence-electron chi connectivity index (χ0n) is 12.9. The Kier molecular flexibility index (Phi) is 5.75. The van der Waals surface area contributed by atoms with Crippen LogP contribution in [0.4, 0.5) is 0 Å². The summed E-state index contributed by atoms with van der Waals surface area (Å²) in [6.45, 7) is 1.55. The monoisotopic (exact) mass is 324 g/mol. The molecule has 0 unspecified atom stereocenters. The largest absolute Gasteiger partial charge is 0.478 e. The molecule has 8 nitrogen and oxygen atoms in total. The van der Waals surface area contributed by atoms with Gasteiger partial charge in [-0.15, -0.1) is 0 Å². The van der Waals surface area contributed by atoms with Gasteiger partial charge in [-0.05, 0) is 12.8 Å². The van der Waals surface area contributed by atoms with Crippen LogP contribution in [0.15, 0.2) is 16.7 Å². The van der Waals surface area contributed by atoms with E-state index in [-0.39, 0.29) is 23.3 Å². The smallest absolute Gasteiger partial charge is 0.338 e. The van der Waals surface area contributed by atoms with Gasteiger partial charge in [-0.2, -0.15) is 0 Å². The molecule has 2 heterocycles. The van der Waals surface area contributed by atoms with Crippen LogP contribution in [0.25, 0.3) is 0 Å². The Labute approximate surface area is 133 Å². The summed E-state index contributed by atoms with van der Waals surface area (Å²) in [4.78, 5) is 36.4. The van der Waals surface area contributed by atoms with E-state index in [1.54, 1.807) is 12.0 Å². The normalized spacial score (nSPS) is 15.4. The second-order valence-electron chi connectivity index (χ2n) is 5.38. The van der Waals surface area contributed by atoms with Gasteiger partial charge in [0.1, 0.15) is 6.26 Å². The van der Waals surface area contributed by atoms with Crippen molar-refractivity contribution in [3.8, 4) is 0 Å². The minimum atomic E-state index is -1.14. The van der Waals surface area contributed by atoms with Gasteiger partial charge in [0.2, 0.25) is 5.91 Å². The summed E-state index contributed by atoms with van der Waals surface area (Å²) in [6, 6.07) is 1.13. The van der Waals surface area contributed by atoms with Gasteiger partial charge in [-0.3, -0.25) is 9.59 Å². The number of carbonyl (C=O) groups is 3. The summed E-state index contributed by atoms with van der Waals surface area (Å²) < 4.78 is 9.85. The summed E-state index contributed by atoms with van der Waals surface area (Å²) >= 11 is 0. The fourth-order valence-electron chi connectivity index (χ4n) is 2.44. The molecule has 1 saturated heterocycles. The van der Waals surface area contributed by atoms with Crippen molar-refractivity contribution in [1.82, 2.24) is 10.2 Å². The van der Waals surface area contributed by atoms with Crippen LogP contribution in [-0.4, -0.2) is 60.6 Å². The Balaban J connectivity index is 1.80. The van der Waals surface area contributed by atoms with E-state index in [9.17, 15) is 14.4 Å². The SMILES string of the molecule is COCCC(=O)N1CCC(NC(=O)c2cc(C(=O)O)co2)CC1. The number of piperidine rings is 1. The molecule has 126 valence electrons. The molecule has 1 fully saturated rings. The van der Waals surface area contributed by atoms with Crippen molar-refractivity contribution in [2.24, 2.45) is 0 Å². The maximum Gasteiger partial charge on any atom is 0.338 e. The van der Waals surface area contributed by atoms with Crippen LogP contribution in [0, 0.1) is 0 Å². The molecule has 23 heavy (non-hydrogen) atoms. The molecule has 0 bridgehead atoms. The Morgan fingerprint density at radius 3 is 2.65 bits per heavy atom. The number of likely N-dealkylation sites (tertiary alicyclic amines) is 1. The van der Waals surface area contributed by atoms with E-state index in [2.05, 4.69) is 5.32 Å². The molecule has 0 spiro atoms. The minimum absolute atomic E-state index is 0.0269. The van der Waals surface area contributed by atoms with E-state index >= 15 is 0 Å². The Bertz CT molecular complexity index is 574. The van der Waals surface area contributed by atoms with E-state index in [0.717, 1.165) is 6.26 Å². The summed E-state index contributed by atoms with van der Waals surface area (Å²) in [5.41, 5.74) is -0.0614. The maximum absolute atomic E-state index is 12.0. The Hall–Kier alpha value is -2.35. The highest BCUT2D eigenvalue weighted by atomic mass is 16.5. The number of carboxylic acid groups (broad SMARTS) is 1. The number of hydrogen-bond donors (Lipinski definition) is 2. The maximum atomic E-state index is 12.0. The molecule has 8 heteroatoms. The minimum Gasteiger partial charge on any atom is -0.478 e. The first-order valence-electron chi connectivity index (χ1n) is 7.40. The summed E-state index contributed by atoms with van der Waals surface area (Å²) in [5, 5.41) is 11.6. The number of aromatic carboxylic acids is 1. The van der Waals surface area contributed by atoms with Gasteiger partial charge in [-0.25, -0.2) is 4.79 Å². The molecule has 2 rings (SSSR count). The van der Waals surface area contributed by atoms with Gasteiger partial charge in [0.15, 0.2) is 5.76 Å². The Morgan fingerprint density at radius 2 is 2.09 bits per heavy atom. The number of carboxylic acids is 1. The van der Waals surface area contributed by atoms with Crippen molar-refractivity contribution in [3.63, 3.8) is 0 Å². The van der Waals surface area contributed by atoms with Crippen LogP contribution in [0.2, 0.25) is 0 Å². The van der Waals surface area contributed by atoms with Gasteiger partial charge in [-0.1, -0.05) is 0 Å². The van der Waals surface area contributed by atoms with E-state index < -0.39 is 11.9 Å². The molecule has 1 aromatic heterocycles. The zero-order valence-corrected chi connectivity index (χ0v) is 12.9. The van der Waals surface area contributed by atoms with Gasteiger partial charge in [0, 0.05) is 32.3 Å². The number of hydrogen-bond acceptors (Lipinski definition) is 5. The summed E-state index contributed by atoms with van der Waals surface area (Å²) in [7, 11) is 1.56. The molecule has 2 N–H and O–H groups in total. The second kappa shape index (κ2) is 7.77. The molecule has 0 aliphatic carbocycles. The highest BCUT2D eigenvalue weighted by Crippen LogP contribution is 2.13. The highest BCUT2D eigenvalue weighted by Gasteiger charge is 2.25. The van der Waals surface area contributed by atoms with E-state index in [4.69, 9.17) is 14.3 Å². The number of rotatable bonds is 6. The molecule has 1 aliphatic rings. The fourth-order valence-corrected chi connectivity index (χ4v) is 2.44. The van der Waals surface area contributed by atoms with Gasteiger partial charge >= 0.3 is 5.97 Å². The number of furan rings is 1. The lowest BCUT2D eigenvalue weighted by Crippen LogP contribution is -2.46. The lowest BCUT2D eigenvalue weighted by Gasteiger charge is -2.32. The highest BCUT2D eigenvalue weighted by molar-refractivity contribution is 5.95. The van der Waals surface area contributed by atoms with Crippen molar-refractivity contribution >= 4 is 17.8 Å².